The summed E-state index contributed by atoms with van der Waals surface area (Å²) in [5, 5.41) is 2.82. The normalized spacial score (nSPS) is 17.4. The summed E-state index contributed by atoms with van der Waals surface area (Å²) in [6, 6.07) is 15.7. The van der Waals surface area contributed by atoms with E-state index >= 15 is 0 Å². The maximum atomic E-state index is 13.7. The van der Waals surface area contributed by atoms with Gasteiger partial charge in [-0.1, -0.05) is 37.3 Å². The van der Waals surface area contributed by atoms with Gasteiger partial charge in [0.15, 0.2) is 0 Å². The van der Waals surface area contributed by atoms with E-state index in [4.69, 9.17) is 0 Å². The Morgan fingerprint density at radius 1 is 1.03 bits per heavy atom. The number of rotatable bonds is 7. The summed E-state index contributed by atoms with van der Waals surface area (Å²) in [5.74, 6) is -0.535. The molecule has 0 aliphatic carbocycles. The third-order valence-electron chi connectivity index (χ3n) is 6.73. The minimum atomic E-state index is -0.762. The minimum Gasteiger partial charge on any atom is -0.350 e. The molecule has 2 aliphatic heterocycles. The maximum Gasteiger partial charge on any atom is 0.250 e. The van der Waals surface area contributed by atoms with Gasteiger partial charge in [0.1, 0.15) is 17.9 Å². The third-order valence-corrected chi connectivity index (χ3v) is 6.73. The number of nitrogens with one attached hydrogen (secondary N) is 1. The van der Waals surface area contributed by atoms with Crippen molar-refractivity contribution in [1.29, 1.82) is 0 Å². The zero-order valence-electron chi connectivity index (χ0n) is 19.5. The van der Waals surface area contributed by atoms with E-state index in [-0.39, 0.29) is 36.6 Å². The number of nitrogens with zero attached hydrogens (tertiary/aromatic N) is 3. The van der Waals surface area contributed by atoms with Crippen LogP contribution in [0, 0.1) is 5.82 Å². The molecule has 1 spiro atoms. The van der Waals surface area contributed by atoms with Crippen molar-refractivity contribution in [3.8, 4) is 0 Å². The second kappa shape index (κ2) is 10.2. The van der Waals surface area contributed by atoms with Gasteiger partial charge in [-0.15, -0.1) is 0 Å². The smallest absolute Gasteiger partial charge is 0.250 e. The number of benzene rings is 2. The lowest BCUT2D eigenvalue weighted by molar-refractivity contribution is -0.140. The topological polar surface area (TPSA) is 73.0 Å². The molecule has 0 aromatic heterocycles. The van der Waals surface area contributed by atoms with Gasteiger partial charge in [0.2, 0.25) is 11.8 Å². The highest BCUT2D eigenvalue weighted by molar-refractivity contribution is 5.96. The van der Waals surface area contributed by atoms with Crippen LogP contribution in [0.3, 0.4) is 0 Å². The number of piperidine rings is 1. The fraction of sp³-hybridized carbons (Fsp3) is 0.423. The molecule has 2 saturated heterocycles. The Bertz CT molecular complexity index is 1020. The van der Waals surface area contributed by atoms with Gasteiger partial charge < -0.3 is 20.0 Å². The first-order valence-corrected chi connectivity index (χ1v) is 11.8. The second-order valence-corrected chi connectivity index (χ2v) is 8.97. The molecule has 34 heavy (non-hydrogen) atoms. The van der Waals surface area contributed by atoms with E-state index in [0.29, 0.717) is 39.0 Å². The first-order valence-electron chi connectivity index (χ1n) is 11.8. The zero-order chi connectivity index (χ0) is 24.1. The molecular formula is C26H31FN4O3. The van der Waals surface area contributed by atoms with Gasteiger partial charge in [-0.25, -0.2) is 4.39 Å². The van der Waals surface area contributed by atoms with E-state index in [1.165, 1.54) is 12.1 Å². The molecule has 0 radical (unpaired) electrons. The van der Waals surface area contributed by atoms with Crippen molar-refractivity contribution in [1.82, 2.24) is 15.1 Å². The number of amides is 3. The van der Waals surface area contributed by atoms with Gasteiger partial charge in [-0.3, -0.25) is 14.4 Å². The molecule has 2 aromatic carbocycles. The Morgan fingerprint density at radius 3 is 2.35 bits per heavy atom. The molecule has 3 amide bonds. The fourth-order valence-corrected chi connectivity index (χ4v) is 4.85. The van der Waals surface area contributed by atoms with Crippen molar-refractivity contribution in [3.63, 3.8) is 0 Å². The van der Waals surface area contributed by atoms with Crippen LogP contribution in [0.5, 0.6) is 0 Å². The average molecular weight is 467 g/mol. The number of carbonyl (C=O) groups excluding carboxylic acids is 3. The average Bonchev–Trinajstić information content (AvgIpc) is 3.11. The van der Waals surface area contributed by atoms with Crippen LogP contribution >= 0.6 is 0 Å². The number of hydrogen-bond donors (Lipinski definition) is 1. The van der Waals surface area contributed by atoms with Crippen molar-refractivity contribution in [3.05, 3.63) is 66.0 Å². The molecule has 0 unspecified atom stereocenters. The van der Waals surface area contributed by atoms with Crippen molar-refractivity contribution in [2.45, 2.75) is 44.7 Å². The number of anilines is 1. The lowest BCUT2D eigenvalue weighted by atomic mass is 9.85. The molecule has 7 nitrogen and oxygen atoms in total. The summed E-state index contributed by atoms with van der Waals surface area (Å²) >= 11 is 0. The van der Waals surface area contributed by atoms with E-state index in [9.17, 15) is 18.8 Å². The molecular weight excluding hydrogens is 435 g/mol. The highest BCUT2D eigenvalue weighted by atomic mass is 19.1. The number of likely N-dealkylation sites (tertiary alicyclic amines) is 1. The summed E-state index contributed by atoms with van der Waals surface area (Å²) in [6.07, 6.45) is 2.38. The predicted octanol–water partition coefficient (Wildman–Crippen LogP) is 2.91. The first-order chi connectivity index (χ1) is 16.4. The number of hydrogen-bond acceptors (Lipinski definition) is 4. The van der Waals surface area contributed by atoms with E-state index in [0.717, 1.165) is 17.7 Å². The first kappa shape index (κ1) is 23.7. The highest BCUT2D eigenvalue weighted by Gasteiger charge is 2.54. The van der Waals surface area contributed by atoms with Crippen molar-refractivity contribution in [2.24, 2.45) is 0 Å². The van der Waals surface area contributed by atoms with Gasteiger partial charge >= 0.3 is 0 Å². The summed E-state index contributed by atoms with van der Waals surface area (Å²) in [7, 11) is 0. The Labute approximate surface area is 199 Å². The van der Waals surface area contributed by atoms with Crippen LogP contribution in [0.1, 0.15) is 38.2 Å². The van der Waals surface area contributed by atoms with Gasteiger partial charge in [0.25, 0.3) is 5.91 Å². The van der Waals surface area contributed by atoms with E-state index in [1.54, 1.807) is 17.0 Å². The third kappa shape index (κ3) is 4.90. The Balaban J connectivity index is 1.46. The lowest BCUT2D eigenvalue weighted by Crippen LogP contribution is -2.57. The molecule has 2 aromatic rings. The maximum absolute atomic E-state index is 13.7. The molecule has 2 heterocycles. The lowest BCUT2D eigenvalue weighted by Gasteiger charge is -2.43. The molecule has 2 fully saturated rings. The monoisotopic (exact) mass is 466 g/mol. The van der Waals surface area contributed by atoms with E-state index < -0.39 is 5.54 Å². The van der Waals surface area contributed by atoms with Crippen LogP contribution in [0.15, 0.2) is 54.6 Å². The van der Waals surface area contributed by atoms with Crippen LogP contribution in [0.4, 0.5) is 10.1 Å². The van der Waals surface area contributed by atoms with Crippen LogP contribution in [-0.2, 0) is 20.9 Å². The number of para-hydroxylation sites is 1. The summed E-state index contributed by atoms with van der Waals surface area (Å²) in [6.45, 7) is 3.57. The molecule has 0 saturated carbocycles. The molecule has 0 bridgehead atoms. The van der Waals surface area contributed by atoms with Crippen molar-refractivity contribution in [2.75, 3.05) is 31.2 Å². The van der Waals surface area contributed by atoms with Gasteiger partial charge in [0.05, 0.1) is 6.67 Å². The van der Waals surface area contributed by atoms with Crippen molar-refractivity contribution >= 4 is 23.4 Å². The highest BCUT2D eigenvalue weighted by Crippen LogP contribution is 2.39. The summed E-state index contributed by atoms with van der Waals surface area (Å²) in [4.78, 5) is 44.3. The van der Waals surface area contributed by atoms with Gasteiger partial charge in [0, 0.05) is 31.7 Å². The van der Waals surface area contributed by atoms with Crippen LogP contribution in [0.25, 0.3) is 0 Å². The molecule has 2 aliphatic rings. The quantitative estimate of drug-likeness (QED) is 0.681. The number of halogens is 1. The Kier molecular flexibility index (Phi) is 7.14. The summed E-state index contributed by atoms with van der Waals surface area (Å²) in [5.41, 5.74) is 0.953. The molecule has 8 heteroatoms. The largest absolute Gasteiger partial charge is 0.350 e. The Hall–Kier alpha value is -3.42. The Morgan fingerprint density at radius 2 is 1.71 bits per heavy atom. The van der Waals surface area contributed by atoms with Gasteiger partial charge in [-0.2, -0.15) is 0 Å². The minimum absolute atomic E-state index is 0.0520. The predicted molar refractivity (Wildman–Crippen MR) is 127 cm³/mol. The van der Waals surface area contributed by atoms with E-state index in [1.807, 2.05) is 42.2 Å². The van der Waals surface area contributed by atoms with E-state index in [2.05, 4.69) is 10.2 Å². The molecule has 0 atom stereocenters. The van der Waals surface area contributed by atoms with Crippen LogP contribution in [0.2, 0.25) is 0 Å². The van der Waals surface area contributed by atoms with Crippen molar-refractivity contribution < 1.29 is 18.8 Å². The van der Waals surface area contributed by atoms with Crippen LogP contribution < -0.4 is 10.2 Å². The second-order valence-electron chi connectivity index (χ2n) is 8.97. The molecule has 180 valence electrons. The van der Waals surface area contributed by atoms with Crippen LogP contribution in [-0.4, -0.2) is 59.4 Å². The molecule has 4 rings (SSSR count). The van der Waals surface area contributed by atoms with Gasteiger partial charge in [-0.05, 0) is 49.1 Å². The summed E-state index contributed by atoms with van der Waals surface area (Å²) < 4.78 is 13.1. The standard InChI is InChI=1S/C26H31FN4O3/c1-2-6-24(33)29-15-13-26(14-16-29)25(34)30(19-31(26)22-7-4-3-5-8-22)18-23(32)28-17-20-9-11-21(27)12-10-20/h3-5,7-12H,2,6,13-19H2,1H3,(H,28,32). The molecule has 1 N–H and O–H groups in total. The SMILES string of the molecule is CCCC(=O)N1CCC2(CC1)C(=O)N(CC(=O)NCc1ccc(F)cc1)CN2c1ccccc1. The fourth-order valence-electron chi connectivity index (χ4n) is 4.85. The zero-order valence-corrected chi connectivity index (χ0v) is 19.5. The number of carbonyl (C=O) groups is 3.